The van der Waals surface area contributed by atoms with Crippen LogP contribution in [-0.2, 0) is 0 Å². The van der Waals surface area contributed by atoms with Crippen molar-refractivity contribution in [2.75, 3.05) is 6.61 Å². The fourth-order valence-corrected chi connectivity index (χ4v) is 1.59. The summed E-state index contributed by atoms with van der Waals surface area (Å²) in [6, 6.07) is 7.70. The highest BCUT2D eigenvalue weighted by molar-refractivity contribution is 5.90. The van der Waals surface area contributed by atoms with E-state index in [1.54, 1.807) is 12.4 Å². The first-order valence-corrected chi connectivity index (χ1v) is 5.77. The number of hydrogen-bond donors (Lipinski definition) is 0. The number of Topliss-reactive ketones (excluding diaryl/α,β-unsaturated/α-hetero) is 1. The van der Waals surface area contributed by atoms with Gasteiger partial charge in [0.2, 0.25) is 0 Å². The molecule has 0 N–H and O–H groups in total. The zero-order valence-corrected chi connectivity index (χ0v) is 10.4. The Kier molecular flexibility index (Phi) is 3.67. The molecule has 0 bridgehead atoms. The number of rotatable bonds is 4. The van der Waals surface area contributed by atoms with Gasteiger partial charge in [0.05, 0.1) is 6.61 Å². The molecule has 0 saturated carbocycles. The van der Waals surface area contributed by atoms with Gasteiger partial charge < -0.3 is 4.74 Å². The lowest BCUT2D eigenvalue weighted by atomic mass is 10.1. The Balaban J connectivity index is 2.30. The van der Waals surface area contributed by atoms with Crippen LogP contribution in [0, 0.1) is 0 Å². The average molecular weight is 242 g/mol. The van der Waals surface area contributed by atoms with Crippen LogP contribution in [0.15, 0.2) is 36.7 Å². The number of nitrogens with zero attached hydrogens (tertiary/aromatic N) is 2. The molecule has 0 aliphatic carbocycles. The SMILES string of the molecule is CCOc1cccc(-c2cnc(C(C)=O)nc2)c1. The van der Waals surface area contributed by atoms with Crippen molar-refractivity contribution in [3.8, 4) is 16.9 Å². The molecule has 0 aliphatic rings. The first-order valence-electron chi connectivity index (χ1n) is 5.77. The lowest BCUT2D eigenvalue weighted by Crippen LogP contribution is -2.00. The zero-order valence-electron chi connectivity index (χ0n) is 10.4. The highest BCUT2D eigenvalue weighted by Crippen LogP contribution is 2.22. The van der Waals surface area contributed by atoms with Crippen LogP contribution in [0.1, 0.15) is 24.5 Å². The molecule has 1 aromatic carbocycles. The van der Waals surface area contributed by atoms with Gasteiger partial charge in [-0.25, -0.2) is 9.97 Å². The second kappa shape index (κ2) is 5.40. The van der Waals surface area contributed by atoms with Gasteiger partial charge in [-0.15, -0.1) is 0 Å². The third kappa shape index (κ3) is 2.71. The number of hydrogen-bond acceptors (Lipinski definition) is 4. The third-order valence-corrected chi connectivity index (χ3v) is 2.45. The summed E-state index contributed by atoms with van der Waals surface area (Å²) >= 11 is 0. The molecule has 18 heavy (non-hydrogen) atoms. The molecule has 0 atom stereocenters. The minimum Gasteiger partial charge on any atom is -0.494 e. The summed E-state index contributed by atoms with van der Waals surface area (Å²) in [6.45, 7) is 4.02. The van der Waals surface area contributed by atoms with Crippen LogP contribution in [0.3, 0.4) is 0 Å². The molecule has 2 rings (SSSR count). The van der Waals surface area contributed by atoms with Gasteiger partial charge in [0.1, 0.15) is 5.75 Å². The van der Waals surface area contributed by atoms with E-state index in [1.165, 1.54) is 6.92 Å². The van der Waals surface area contributed by atoms with E-state index >= 15 is 0 Å². The van der Waals surface area contributed by atoms with E-state index < -0.39 is 0 Å². The molecular formula is C14H14N2O2. The fraction of sp³-hybridized carbons (Fsp3) is 0.214. The number of carbonyl (C=O) groups is 1. The largest absolute Gasteiger partial charge is 0.494 e. The molecule has 0 aliphatic heterocycles. The van der Waals surface area contributed by atoms with Crippen molar-refractivity contribution in [1.82, 2.24) is 9.97 Å². The van der Waals surface area contributed by atoms with E-state index in [0.29, 0.717) is 6.61 Å². The molecule has 1 aromatic heterocycles. The summed E-state index contributed by atoms with van der Waals surface area (Å²) in [5, 5.41) is 0. The lowest BCUT2D eigenvalue weighted by Gasteiger charge is -2.06. The first kappa shape index (κ1) is 12.2. The van der Waals surface area contributed by atoms with Crippen LogP contribution in [0.5, 0.6) is 5.75 Å². The van der Waals surface area contributed by atoms with Crippen molar-refractivity contribution in [1.29, 1.82) is 0 Å². The zero-order chi connectivity index (χ0) is 13.0. The van der Waals surface area contributed by atoms with Gasteiger partial charge in [-0.05, 0) is 24.6 Å². The van der Waals surface area contributed by atoms with E-state index in [1.807, 2.05) is 31.2 Å². The summed E-state index contributed by atoms with van der Waals surface area (Å²) in [6.07, 6.45) is 3.30. The predicted molar refractivity (Wildman–Crippen MR) is 68.6 cm³/mol. The number of benzene rings is 1. The second-order valence-corrected chi connectivity index (χ2v) is 3.81. The minimum atomic E-state index is -0.135. The van der Waals surface area contributed by atoms with E-state index in [0.717, 1.165) is 16.9 Å². The van der Waals surface area contributed by atoms with Crippen LogP contribution in [-0.4, -0.2) is 22.4 Å². The van der Waals surface area contributed by atoms with E-state index in [2.05, 4.69) is 9.97 Å². The minimum absolute atomic E-state index is 0.135. The van der Waals surface area contributed by atoms with Gasteiger partial charge >= 0.3 is 0 Å². The smallest absolute Gasteiger partial charge is 0.196 e. The maximum Gasteiger partial charge on any atom is 0.196 e. The highest BCUT2D eigenvalue weighted by Gasteiger charge is 2.04. The van der Waals surface area contributed by atoms with Crippen molar-refractivity contribution in [3.63, 3.8) is 0 Å². The summed E-state index contributed by atoms with van der Waals surface area (Å²) in [4.78, 5) is 19.1. The summed E-state index contributed by atoms with van der Waals surface area (Å²) in [5.41, 5.74) is 1.83. The van der Waals surface area contributed by atoms with Gasteiger partial charge in [-0.2, -0.15) is 0 Å². The van der Waals surface area contributed by atoms with Gasteiger partial charge in [-0.1, -0.05) is 12.1 Å². The number of aromatic nitrogens is 2. The standard InChI is InChI=1S/C14H14N2O2/c1-3-18-13-6-4-5-11(7-13)12-8-15-14(10(2)17)16-9-12/h4-9H,3H2,1-2H3. The van der Waals surface area contributed by atoms with E-state index in [4.69, 9.17) is 4.74 Å². The Morgan fingerprint density at radius 2 is 1.94 bits per heavy atom. The van der Waals surface area contributed by atoms with Crippen LogP contribution in [0.2, 0.25) is 0 Å². The molecule has 0 amide bonds. The summed E-state index contributed by atoms with van der Waals surface area (Å²) in [5.74, 6) is 0.912. The van der Waals surface area contributed by atoms with Crippen LogP contribution in [0.25, 0.3) is 11.1 Å². The average Bonchev–Trinajstić information content (AvgIpc) is 2.39. The monoisotopic (exact) mass is 242 g/mol. The Bertz CT molecular complexity index is 550. The molecule has 0 saturated heterocycles. The van der Waals surface area contributed by atoms with Gasteiger partial charge in [0, 0.05) is 24.9 Å². The highest BCUT2D eigenvalue weighted by atomic mass is 16.5. The normalized spacial score (nSPS) is 10.1. The topological polar surface area (TPSA) is 52.1 Å². The summed E-state index contributed by atoms with van der Waals surface area (Å²) in [7, 11) is 0. The maximum absolute atomic E-state index is 11.1. The van der Waals surface area contributed by atoms with Crippen LogP contribution < -0.4 is 4.74 Å². The fourth-order valence-electron chi connectivity index (χ4n) is 1.59. The number of ether oxygens (including phenoxy) is 1. The first-order chi connectivity index (χ1) is 8.70. The number of carbonyl (C=O) groups excluding carboxylic acids is 1. The third-order valence-electron chi connectivity index (χ3n) is 2.45. The molecule has 0 fully saturated rings. The van der Waals surface area contributed by atoms with E-state index in [9.17, 15) is 4.79 Å². The van der Waals surface area contributed by atoms with Crippen LogP contribution in [0.4, 0.5) is 0 Å². The van der Waals surface area contributed by atoms with Crippen molar-refractivity contribution in [2.45, 2.75) is 13.8 Å². The quantitative estimate of drug-likeness (QED) is 0.773. The molecule has 0 spiro atoms. The number of ketones is 1. The Morgan fingerprint density at radius 3 is 2.56 bits per heavy atom. The molecule has 2 aromatic rings. The maximum atomic E-state index is 11.1. The molecule has 0 radical (unpaired) electrons. The Hall–Kier alpha value is -2.23. The van der Waals surface area contributed by atoms with E-state index in [-0.39, 0.29) is 11.6 Å². The Morgan fingerprint density at radius 1 is 1.22 bits per heavy atom. The molecule has 0 unspecified atom stereocenters. The molecule has 92 valence electrons. The van der Waals surface area contributed by atoms with Gasteiger partial charge in [-0.3, -0.25) is 4.79 Å². The molecular weight excluding hydrogens is 228 g/mol. The molecule has 1 heterocycles. The Labute approximate surface area is 106 Å². The van der Waals surface area contributed by atoms with Crippen LogP contribution >= 0.6 is 0 Å². The molecule has 4 heteroatoms. The predicted octanol–water partition coefficient (Wildman–Crippen LogP) is 2.74. The lowest BCUT2D eigenvalue weighted by molar-refractivity contribution is 0.100. The second-order valence-electron chi connectivity index (χ2n) is 3.81. The van der Waals surface area contributed by atoms with Gasteiger partial charge in [0.15, 0.2) is 11.6 Å². The van der Waals surface area contributed by atoms with Gasteiger partial charge in [0.25, 0.3) is 0 Å². The summed E-state index contributed by atoms with van der Waals surface area (Å²) < 4.78 is 5.44. The van der Waals surface area contributed by atoms with Crippen molar-refractivity contribution in [2.24, 2.45) is 0 Å². The van der Waals surface area contributed by atoms with Crippen molar-refractivity contribution in [3.05, 3.63) is 42.5 Å². The van der Waals surface area contributed by atoms with Crippen molar-refractivity contribution < 1.29 is 9.53 Å². The molecule has 4 nitrogen and oxygen atoms in total. The van der Waals surface area contributed by atoms with Crippen molar-refractivity contribution >= 4 is 5.78 Å².